The Morgan fingerprint density at radius 1 is 1.33 bits per heavy atom. The maximum absolute atomic E-state index is 12.9. The molecule has 1 aromatic carbocycles. The van der Waals surface area contributed by atoms with E-state index in [4.69, 9.17) is 0 Å². The van der Waals surface area contributed by atoms with E-state index in [0.29, 0.717) is 5.92 Å². The van der Waals surface area contributed by atoms with Crippen molar-refractivity contribution < 1.29 is 8.78 Å². The van der Waals surface area contributed by atoms with E-state index in [1.807, 2.05) is 7.05 Å². The average molecular weight is 231 g/mol. The Labute approximate surface area is 93.3 Å². The second-order valence-corrected chi connectivity index (χ2v) is 4.64. The fraction of sp³-hybridized carbons (Fsp3) is 0.455. The van der Waals surface area contributed by atoms with E-state index in [1.165, 1.54) is 12.1 Å². The molecular formula is C11H15F2NS. The summed E-state index contributed by atoms with van der Waals surface area (Å²) in [6.07, 6.45) is 0. The number of thioether (sulfide) groups is 1. The summed E-state index contributed by atoms with van der Waals surface area (Å²) in [7, 11) is 1.90. The molecule has 1 aromatic rings. The molecule has 0 spiro atoms. The van der Waals surface area contributed by atoms with Gasteiger partial charge >= 0.3 is 0 Å². The molecule has 0 fully saturated rings. The molecule has 0 radical (unpaired) electrons. The summed E-state index contributed by atoms with van der Waals surface area (Å²) in [5.41, 5.74) is 0. The maximum Gasteiger partial charge on any atom is 0.159 e. The Hall–Kier alpha value is -0.610. The van der Waals surface area contributed by atoms with Gasteiger partial charge in [0.05, 0.1) is 0 Å². The van der Waals surface area contributed by atoms with Crippen LogP contribution in [0.1, 0.15) is 6.92 Å². The summed E-state index contributed by atoms with van der Waals surface area (Å²) in [5, 5.41) is 3.08. The Kier molecular flexibility index (Phi) is 5.05. The standard InChI is InChI=1S/C11H15F2NS/c1-8(6-14-2)7-15-9-3-4-10(12)11(13)5-9/h3-5,8,14H,6-7H2,1-2H3. The van der Waals surface area contributed by atoms with Gasteiger partial charge in [0.1, 0.15) is 0 Å². The molecule has 0 aliphatic rings. The summed E-state index contributed by atoms with van der Waals surface area (Å²) in [6.45, 7) is 3.04. The third kappa shape index (κ3) is 4.18. The lowest BCUT2D eigenvalue weighted by molar-refractivity contribution is 0.506. The Balaban J connectivity index is 2.47. The van der Waals surface area contributed by atoms with Crippen LogP contribution in [-0.4, -0.2) is 19.3 Å². The minimum atomic E-state index is -0.789. The molecular weight excluding hydrogens is 216 g/mol. The lowest BCUT2D eigenvalue weighted by Crippen LogP contribution is -2.17. The van der Waals surface area contributed by atoms with Crippen LogP contribution in [0.25, 0.3) is 0 Å². The molecule has 0 saturated carbocycles. The highest BCUT2D eigenvalue weighted by molar-refractivity contribution is 7.99. The zero-order valence-electron chi connectivity index (χ0n) is 8.89. The van der Waals surface area contributed by atoms with Crippen LogP contribution in [-0.2, 0) is 0 Å². The van der Waals surface area contributed by atoms with E-state index in [9.17, 15) is 8.78 Å². The molecule has 15 heavy (non-hydrogen) atoms. The summed E-state index contributed by atoms with van der Waals surface area (Å²) in [4.78, 5) is 0.775. The SMILES string of the molecule is CNCC(C)CSc1ccc(F)c(F)c1. The van der Waals surface area contributed by atoms with Crippen molar-refractivity contribution in [2.45, 2.75) is 11.8 Å². The second kappa shape index (κ2) is 6.08. The van der Waals surface area contributed by atoms with Gasteiger partial charge < -0.3 is 5.32 Å². The highest BCUT2D eigenvalue weighted by Gasteiger charge is 2.05. The lowest BCUT2D eigenvalue weighted by Gasteiger charge is -2.09. The van der Waals surface area contributed by atoms with E-state index in [2.05, 4.69) is 12.2 Å². The van der Waals surface area contributed by atoms with Crippen LogP contribution in [0.5, 0.6) is 0 Å². The van der Waals surface area contributed by atoms with Crippen molar-refractivity contribution in [1.82, 2.24) is 5.32 Å². The topological polar surface area (TPSA) is 12.0 Å². The Morgan fingerprint density at radius 3 is 2.67 bits per heavy atom. The van der Waals surface area contributed by atoms with Crippen LogP contribution in [0.15, 0.2) is 23.1 Å². The minimum absolute atomic E-state index is 0.508. The third-order valence-electron chi connectivity index (χ3n) is 1.98. The normalized spacial score (nSPS) is 12.8. The minimum Gasteiger partial charge on any atom is -0.319 e. The highest BCUT2D eigenvalue weighted by Crippen LogP contribution is 2.22. The Bertz CT molecular complexity index is 317. The van der Waals surface area contributed by atoms with Gasteiger partial charge in [-0.1, -0.05) is 6.92 Å². The van der Waals surface area contributed by atoms with Gasteiger partial charge in [0.2, 0.25) is 0 Å². The lowest BCUT2D eigenvalue weighted by atomic mass is 10.2. The van der Waals surface area contributed by atoms with Crippen molar-refractivity contribution in [3.05, 3.63) is 29.8 Å². The predicted molar refractivity (Wildman–Crippen MR) is 60.2 cm³/mol. The molecule has 4 heteroatoms. The number of hydrogen-bond acceptors (Lipinski definition) is 2. The average Bonchev–Trinajstić information content (AvgIpc) is 2.20. The molecule has 0 amide bonds. The van der Waals surface area contributed by atoms with Crippen LogP contribution < -0.4 is 5.32 Å². The molecule has 0 aliphatic heterocycles. The molecule has 0 bridgehead atoms. The van der Waals surface area contributed by atoms with Crippen molar-refractivity contribution in [3.63, 3.8) is 0 Å². The summed E-state index contributed by atoms with van der Waals surface area (Å²) in [5.74, 6) is -0.164. The highest BCUT2D eigenvalue weighted by atomic mass is 32.2. The molecule has 84 valence electrons. The van der Waals surface area contributed by atoms with E-state index >= 15 is 0 Å². The van der Waals surface area contributed by atoms with Gasteiger partial charge in [0.15, 0.2) is 11.6 Å². The summed E-state index contributed by atoms with van der Waals surface area (Å²) < 4.78 is 25.5. The predicted octanol–water partition coefficient (Wildman–Crippen LogP) is 2.91. The number of hydrogen-bond donors (Lipinski definition) is 1. The molecule has 1 atom stereocenters. The van der Waals surface area contributed by atoms with Crippen LogP contribution in [0.3, 0.4) is 0 Å². The zero-order valence-corrected chi connectivity index (χ0v) is 9.70. The molecule has 0 saturated heterocycles. The molecule has 0 heterocycles. The summed E-state index contributed by atoms with van der Waals surface area (Å²) in [6, 6.07) is 4.02. The number of nitrogens with one attached hydrogen (secondary N) is 1. The van der Waals surface area contributed by atoms with Crippen LogP contribution in [0, 0.1) is 17.6 Å². The van der Waals surface area contributed by atoms with Crippen molar-refractivity contribution >= 4 is 11.8 Å². The van der Waals surface area contributed by atoms with Gasteiger partial charge in [-0.3, -0.25) is 0 Å². The monoisotopic (exact) mass is 231 g/mol. The first-order chi connectivity index (χ1) is 7.13. The maximum atomic E-state index is 12.9. The van der Waals surface area contributed by atoms with Gasteiger partial charge in [-0.25, -0.2) is 8.78 Å². The van der Waals surface area contributed by atoms with Crippen LogP contribution in [0.4, 0.5) is 8.78 Å². The van der Waals surface area contributed by atoms with E-state index < -0.39 is 11.6 Å². The molecule has 0 aromatic heterocycles. The van der Waals surface area contributed by atoms with Gasteiger partial charge in [-0.2, -0.15) is 0 Å². The number of halogens is 2. The van der Waals surface area contributed by atoms with E-state index in [0.717, 1.165) is 17.2 Å². The van der Waals surface area contributed by atoms with Gasteiger partial charge in [-0.05, 0) is 37.7 Å². The third-order valence-corrected chi connectivity index (χ3v) is 3.30. The molecule has 1 N–H and O–H groups in total. The van der Waals surface area contributed by atoms with Crippen LogP contribution >= 0.6 is 11.8 Å². The van der Waals surface area contributed by atoms with Crippen molar-refractivity contribution in [1.29, 1.82) is 0 Å². The van der Waals surface area contributed by atoms with Crippen molar-refractivity contribution in [2.75, 3.05) is 19.3 Å². The van der Waals surface area contributed by atoms with Crippen molar-refractivity contribution in [2.24, 2.45) is 5.92 Å². The largest absolute Gasteiger partial charge is 0.319 e. The molecule has 0 aliphatic carbocycles. The first-order valence-corrected chi connectivity index (χ1v) is 5.84. The number of rotatable bonds is 5. The number of benzene rings is 1. The van der Waals surface area contributed by atoms with Gasteiger partial charge in [0, 0.05) is 10.6 Å². The fourth-order valence-electron chi connectivity index (χ4n) is 1.21. The Morgan fingerprint density at radius 2 is 2.07 bits per heavy atom. The zero-order chi connectivity index (χ0) is 11.3. The van der Waals surface area contributed by atoms with E-state index in [1.54, 1.807) is 17.8 Å². The van der Waals surface area contributed by atoms with Crippen molar-refractivity contribution in [3.8, 4) is 0 Å². The smallest absolute Gasteiger partial charge is 0.159 e. The van der Waals surface area contributed by atoms with Crippen LogP contribution in [0.2, 0.25) is 0 Å². The second-order valence-electron chi connectivity index (χ2n) is 3.55. The molecule has 1 rings (SSSR count). The quantitative estimate of drug-likeness (QED) is 0.782. The van der Waals surface area contributed by atoms with Gasteiger partial charge in [0.25, 0.3) is 0 Å². The first kappa shape index (κ1) is 12.5. The molecule has 1 nitrogen and oxygen atoms in total. The van der Waals surface area contributed by atoms with Gasteiger partial charge in [-0.15, -0.1) is 11.8 Å². The molecule has 1 unspecified atom stereocenters. The fourth-order valence-corrected chi connectivity index (χ4v) is 2.16. The van der Waals surface area contributed by atoms with E-state index in [-0.39, 0.29) is 0 Å². The summed E-state index contributed by atoms with van der Waals surface area (Å²) >= 11 is 1.54. The first-order valence-electron chi connectivity index (χ1n) is 4.86.